The second-order valence-electron chi connectivity index (χ2n) is 4.41. The van der Waals surface area contributed by atoms with E-state index in [0.29, 0.717) is 0 Å². The van der Waals surface area contributed by atoms with Gasteiger partial charge in [0.2, 0.25) is 5.91 Å². The van der Waals surface area contributed by atoms with Crippen LogP contribution in [0.4, 0.5) is 13.2 Å². The van der Waals surface area contributed by atoms with Gasteiger partial charge in [0, 0.05) is 6.04 Å². The fourth-order valence-corrected chi connectivity index (χ4v) is 1.56. The topological polar surface area (TPSA) is 41.1 Å². The third-order valence-electron chi connectivity index (χ3n) is 2.60. The second-order valence-corrected chi connectivity index (χ2v) is 4.41. The van der Waals surface area contributed by atoms with E-state index in [4.69, 9.17) is 0 Å². The number of nitrogens with one attached hydrogen (secondary N) is 2. The average molecular weight is 274 g/mol. The monoisotopic (exact) mass is 274 g/mol. The third kappa shape index (κ3) is 6.24. The molecule has 0 heterocycles. The van der Waals surface area contributed by atoms with Crippen LogP contribution in [0.5, 0.6) is 0 Å². The summed E-state index contributed by atoms with van der Waals surface area (Å²) in [6.45, 7) is 2.36. The molecule has 2 N–H and O–H groups in total. The van der Waals surface area contributed by atoms with E-state index < -0.39 is 18.6 Å². The number of carbonyl (C=O) groups excluding carboxylic acids is 1. The van der Waals surface area contributed by atoms with E-state index in [1.807, 2.05) is 43.4 Å². The van der Waals surface area contributed by atoms with Gasteiger partial charge in [-0.2, -0.15) is 13.2 Å². The summed E-state index contributed by atoms with van der Waals surface area (Å²) in [5.41, 5.74) is 2.08. The Morgan fingerprint density at radius 3 is 2.63 bits per heavy atom. The number of alkyl halides is 3. The molecule has 0 aliphatic carbocycles. The maximum atomic E-state index is 11.9. The maximum absolute atomic E-state index is 11.9. The minimum absolute atomic E-state index is 0.100. The molecule has 1 aromatic rings. The van der Waals surface area contributed by atoms with Gasteiger partial charge >= 0.3 is 6.18 Å². The molecule has 106 valence electrons. The number of benzene rings is 1. The highest BCUT2D eigenvalue weighted by molar-refractivity contribution is 5.78. The van der Waals surface area contributed by atoms with Gasteiger partial charge in [0.1, 0.15) is 6.54 Å². The van der Waals surface area contributed by atoms with Crippen molar-refractivity contribution in [2.45, 2.75) is 26.1 Å². The van der Waals surface area contributed by atoms with E-state index >= 15 is 0 Å². The van der Waals surface area contributed by atoms with Crippen molar-refractivity contribution in [3.05, 3.63) is 35.4 Å². The van der Waals surface area contributed by atoms with E-state index in [9.17, 15) is 18.0 Å². The average Bonchev–Trinajstić information content (AvgIpc) is 2.32. The Kier molecular flexibility index (Phi) is 5.35. The predicted molar refractivity (Wildman–Crippen MR) is 66.7 cm³/mol. The zero-order chi connectivity index (χ0) is 14.5. The fourth-order valence-electron chi connectivity index (χ4n) is 1.56. The number of rotatable bonds is 5. The molecule has 0 bridgehead atoms. The van der Waals surface area contributed by atoms with E-state index in [1.54, 1.807) is 0 Å². The molecular weight excluding hydrogens is 257 g/mol. The molecule has 1 atom stereocenters. The van der Waals surface area contributed by atoms with Crippen molar-refractivity contribution >= 4 is 5.91 Å². The molecule has 1 aromatic carbocycles. The first-order valence-corrected chi connectivity index (χ1v) is 5.91. The largest absolute Gasteiger partial charge is 0.405 e. The summed E-state index contributed by atoms with van der Waals surface area (Å²) in [6, 6.07) is 7.61. The van der Waals surface area contributed by atoms with Crippen LogP contribution in [0.25, 0.3) is 0 Å². The van der Waals surface area contributed by atoms with Crippen molar-refractivity contribution in [2.75, 3.05) is 13.1 Å². The van der Waals surface area contributed by atoms with Gasteiger partial charge < -0.3 is 10.6 Å². The van der Waals surface area contributed by atoms with Crippen molar-refractivity contribution < 1.29 is 18.0 Å². The molecule has 0 saturated heterocycles. The smallest absolute Gasteiger partial charge is 0.346 e. The number of hydrogen-bond donors (Lipinski definition) is 2. The van der Waals surface area contributed by atoms with Crippen molar-refractivity contribution in [3.8, 4) is 0 Å². The highest BCUT2D eigenvalue weighted by Gasteiger charge is 2.27. The first kappa shape index (κ1) is 15.5. The molecule has 0 aliphatic rings. The summed E-state index contributed by atoms with van der Waals surface area (Å²) in [7, 11) is 0. The highest BCUT2D eigenvalue weighted by atomic mass is 19.4. The molecule has 19 heavy (non-hydrogen) atoms. The van der Waals surface area contributed by atoms with Gasteiger partial charge in [-0.15, -0.1) is 0 Å². The molecule has 0 radical (unpaired) electrons. The minimum Gasteiger partial charge on any atom is -0.346 e. The molecule has 0 aliphatic heterocycles. The van der Waals surface area contributed by atoms with Crippen LogP contribution in [0.15, 0.2) is 24.3 Å². The number of carbonyl (C=O) groups is 1. The normalized spacial score (nSPS) is 13.1. The molecular formula is C13H17F3N2O. The molecule has 0 saturated carbocycles. The van der Waals surface area contributed by atoms with Crippen LogP contribution in [-0.4, -0.2) is 25.2 Å². The minimum atomic E-state index is -4.38. The van der Waals surface area contributed by atoms with Crippen LogP contribution < -0.4 is 10.6 Å². The van der Waals surface area contributed by atoms with Crippen LogP contribution in [0.1, 0.15) is 24.1 Å². The van der Waals surface area contributed by atoms with Gasteiger partial charge in [-0.1, -0.05) is 29.8 Å². The molecule has 0 spiro atoms. The first-order chi connectivity index (χ1) is 8.78. The Balaban J connectivity index is 2.38. The molecule has 3 nitrogen and oxygen atoms in total. The lowest BCUT2D eigenvalue weighted by molar-refractivity contribution is -0.137. The zero-order valence-electron chi connectivity index (χ0n) is 10.8. The first-order valence-electron chi connectivity index (χ1n) is 5.91. The number of amides is 1. The van der Waals surface area contributed by atoms with Crippen LogP contribution >= 0.6 is 0 Å². The summed E-state index contributed by atoms with van der Waals surface area (Å²) in [6.07, 6.45) is -4.38. The van der Waals surface area contributed by atoms with E-state index in [-0.39, 0.29) is 12.6 Å². The molecule has 1 amide bonds. The molecule has 1 rings (SSSR count). The summed E-state index contributed by atoms with van der Waals surface area (Å²) < 4.78 is 35.7. The highest BCUT2D eigenvalue weighted by Crippen LogP contribution is 2.13. The summed E-state index contributed by atoms with van der Waals surface area (Å²) in [5, 5.41) is 4.70. The Hall–Kier alpha value is -1.56. The fraction of sp³-hybridized carbons (Fsp3) is 0.462. The summed E-state index contributed by atoms with van der Waals surface area (Å²) >= 11 is 0. The second kappa shape index (κ2) is 6.56. The van der Waals surface area contributed by atoms with E-state index in [2.05, 4.69) is 5.32 Å². The van der Waals surface area contributed by atoms with Crippen LogP contribution in [0.3, 0.4) is 0 Å². The molecule has 0 aromatic heterocycles. The van der Waals surface area contributed by atoms with E-state index in [1.165, 1.54) is 0 Å². The van der Waals surface area contributed by atoms with Gasteiger partial charge in [-0.05, 0) is 19.4 Å². The molecule has 0 fully saturated rings. The van der Waals surface area contributed by atoms with Crippen LogP contribution in [0.2, 0.25) is 0 Å². The summed E-state index contributed by atoms with van der Waals surface area (Å²) in [5.74, 6) is -0.670. The maximum Gasteiger partial charge on any atom is 0.405 e. The van der Waals surface area contributed by atoms with Crippen molar-refractivity contribution in [3.63, 3.8) is 0 Å². The SMILES string of the molecule is Cc1cccc([C@H](C)NCC(=O)NCC(F)(F)F)c1. The molecule has 0 unspecified atom stereocenters. The van der Waals surface area contributed by atoms with Crippen LogP contribution in [-0.2, 0) is 4.79 Å². The number of halogens is 3. The standard InChI is InChI=1S/C13H17F3N2O/c1-9-4-3-5-11(6-9)10(2)17-7-12(19)18-8-13(14,15)16/h3-6,10,17H,7-8H2,1-2H3,(H,18,19)/t10-/m0/s1. The Labute approximate surface area is 110 Å². The predicted octanol–water partition coefficient (Wildman–Crippen LogP) is 2.32. The lowest BCUT2D eigenvalue weighted by Crippen LogP contribution is -2.39. The van der Waals surface area contributed by atoms with Gasteiger partial charge in [-0.25, -0.2) is 0 Å². The van der Waals surface area contributed by atoms with Gasteiger partial charge in [0.05, 0.1) is 6.54 Å². The summed E-state index contributed by atoms with van der Waals surface area (Å²) in [4.78, 5) is 11.2. The number of aryl methyl sites for hydroxylation is 1. The third-order valence-corrected chi connectivity index (χ3v) is 2.60. The quantitative estimate of drug-likeness (QED) is 0.865. The molecule has 6 heteroatoms. The lowest BCUT2D eigenvalue weighted by Gasteiger charge is -2.15. The Morgan fingerprint density at radius 1 is 1.37 bits per heavy atom. The number of hydrogen-bond acceptors (Lipinski definition) is 2. The Bertz CT molecular complexity index is 432. The zero-order valence-corrected chi connectivity index (χ0v) is 10.8. The van der Waals surface area contributed by atoms with Crippen molar-refractivity contribution in [1.29, 1.82) is 0 Å². The van der Waals surface area contributed by atoms with Gasteiger partial charge in [0.25, 0.3) is 0 Å². The van der Waals surface area contributed by atoms with E-state index in [0.717, 1.165) is 11.1 Å². The lowest BCUT2D eigenvalue weighted by atomic mass is 10.1. The van der Waals surface area contributed by atoms with Gasteiger partial charge in [0.15, 0.2) is 0 Å². The van der Waals surface area contributed by atoms with Crippen LogP contribution in [0, 0.1) is 6.92 Å². The Morgan fingerprint density at radius 2 is 2.05 bits per heavy atom. The van der Waals surface area contributed by atoms with Crippen molar-refractivity contribution in [2.24, 2.45) is 0 Å². The van der Waals surface area contributed by atoms with Gasteiger partial charge in [-0.3, -0.25) is 4.79 Å². The van der Waals surface area contributed by atoms with Crippen molar-refractivity contribution in [1.82, 2.24) is 10.6 Å².